The van der Waals surface area contributed by atoms with E-state index in [0.29, 0.717) is 17.6 Å². The quantitative estimate of drug-likeness (QED) is 0.750. The lowest BCUT2D eigenvalue weighted by molar-refractivity contribution is 0.0240. The molecule has 2 fully saturated rings. The van der Waals surface area contributed by atoms with Gasteiger partial charge in [-0.1, -0.05) is 13.8 Å². The first kappa shape index (κ1) is 12.4. The molecule has 0 radical (unpaired) electrons. The molecule has 1 saturated heterocycles. The van der Waals surface area contributed by atoms with Gasteiger partial charge in [-0.25, -0.2) is 0 Å². The molecule has 16 heavy (non-hydrogen) atoms. The second-order valence-electron chi connectivity index (χ2n) is 6.17. The highest BCUT2D eigenvalue weighted by atomic mass is 16.5. The van der Waals surface area contributed by atoms with Crippen molar-refractivity contribution in [1.82, 2.24) is 5.32 Å². The van der Waals surface area contributed by atoms with E-state index in [4.69, 9.17) is 4.74 Å². The average Bonchev–Trinajstić information content (AvgIpc) is 3.01. The fourth-order valence-corrected chi connectivity index (χ4v) is 2.60. The van der Waals surface area contributed by atoms with Crippen LogP contribution in [0.1, 0.15) is 59.3 Å². The van der Waals surface area contributed by atoms with Crippen molar-refractivity contribution in [3.63, 3.8) is 0 Å². The molecule has 0 amide bonds. The zero-order valence-electron chi connectivity index (χ0n) is 11.1. The molecular formula is C14H27NO. The topological polar surface area (TPSA) is 21.3 Å². The second kappa shape index (κ2) is 5.05. The first-order chi connectivity index (χ1) is 7.61. The van der Waals surface area contributed by atoms with Gasteiger partial charge in [0.2, 0.25) is 0 Å². The van der Waals surface area contributed by atoms with Gasteiger partial charge in [-0.05, 0) is 50.9 Å². The van der Waals surface area contributed by atoms with Crippen LogP contribution in [0.15, 0.2) is 0 Å². The van der Waals surface area contributed by atoms with Crippen molar-refractivity contribution in [3.8, 4) is 0 Å². The molecule has 2 nitrogen and oxygen atoms in total. The highest BCUT2D eigenvalue weighted by molar-refractivity contribution is 4.87. The van der Waals surface area contributed by atoms with Crippen LogP contribution >= 0.6 is 0 Å². The third-order valence-corrected chi connectivity index (χ3v) is 4.29. The van der Waals surface area contributed by atoms with Gasteiger partial charge in [0.25, 0.3) is 0 Å². The SMILES string of the molecule is CCC(C)(CNC1CC1)CC1CCC(C)O1. The molecule has 0 aromatic heterocycles. The fraction of sp³-hybridized carbons (Fsp3) is 1.00. The summed E-state index contributed by atoms with van der Waals surface area (Å²) >= 11 is 0. The molecule has 0 aromatic carbocycles. The van der Waals surface area contributed by atoms with Gasteiger partial charge in [0.1, 0.15) is 0 Å². The van der Waals surface area contributed by atoms with Gasteiger partial charge in [0.15, 0.2) is 0 Å². The van der Waals surface area contributed by atoms with Crippen LogP contribution in [0.3, 0.4) is 0 Å². The lowest BCUT2D eigenvalue weighted by Crippen LogP contribution is -2.35. The number of ether oxygens (including phenoxy) is 1. The van der Waals surface area contributed by atoms with Crippen molar-refractivity contribution in [1.29, 1.82) is 0 Å². The van der Waals surface area contributed by atoms with Crippen LogP contribution in [0.25, 0.3) is 0 Å². The summed E-state index contributed by atoms with van der Waals surface area (Å²) in [6, 6.07) is 0.828. The summed E-state index contributed by atoms with van der Waals surface area (Å²) in [5, 5.41) is 3.68. The van der Waals surface area contributed by atoms with Crippen LogP contribution < -0.4 is 5.32 Å². The Balaban J connectivity index is 1.77. The smallest absolute Gasteiger partial charge is 0.0585 e. The van der Waals surface area contributed by atoms with E-state index >= 15 is 0 Å². The molecule has 1 heterocycles. The van der Waals surface area contributed by atoms with E-state index in [9.17, 15) is 0 Å². The van der Waals surface area contributed by atoms with E-state index in [1.165, 1.54) is 45.1 Å². The van der Waals surface area contributed by atoms with Gasteiger partial charge in [-0.15, -0.1) is 0 Å². The van der Waals surface area contributed by atoms with Gasteiger partial charge in [0.05, 0.1) is 12.2 Å². The van der Waals surface area contributed by atoms with E-state index in [1.54, 1.807) is 0 Å². The van der Waals surface area contributed by atoms with Gasteiger partial charge < -0.3 is 10.1 Å². The van der Waals surface area contributed by atoms with Crippen LogP contribution in [0.5, 0.6) is 0 Å². The predicted octanol–water partition coefficient (Wildman–Crippen LogP) is 3.11. The zero-order valence-corrected chi connectivity index (χ0v) is 11.1. The number of hydrogen-bond acceptors (Lipinski definition) is 2. The summed E-state index contributed by atoms with van der Waals surface area (Å²) in [4.78, 5) is 0. The molecule has 0 aromatic rings. The Labute approximate surface area is 100 Å². The molecule has 2 aliphatic rings. The van der Waals surface area contributed by atoms with Crippen LogP contribution in [0, 0.1) is 5.41 Å². The summed E-state index contributed by atoms with van der Waals surface area (Å²) in [5.74, 6) is 0. The summed E-state index contributed by atoms with van der Waals surface area (Å²) in [6.07, 6.45) is 8.77. The molecule has 3 atom stereocenters. The first-order valence-corrected chi connectivity index (χ1v) is 7.00. The highest BCUT2D eigenvalue weighted by Gasteiger charge is 2.32. The van der Waals surface area contributed by atoms with E-state index in [2.05, 4.69) is 26.1 Å². The minimum atomic E-state index is 0.428. The zero-order chi connectivity index (χ0) is 11.6. The Morgan fingerprint density at radius 1 is 1.25 bits per heavy atom. The van der Waals surface area contributed by atoms with Crippen LogP contribution in [-0.4, -0.2) is 24.8 Å². The lowest BCUT2D eigenvalue weighted by Gasteiger charge is -2.31. The van der Waals surface area contributed by atoms with Crippen LogP contribution in [-0.2, 0) is 4.74 Å². The first-order valence-electron chi connectivity index (χ1n) is 7.00. The Kier molecular flexibility index (Phi) is 3.91. The fourth-order valence-electron chi connectivity index (χ4n) is 2.60. The molecule has 0 spiro atoms. The Bertz CT molecular complexity index is 227. The maximum Gasteiger partial charge on any atom is 0.0585 e. The summed E-state index contributed by atoms with van der Waals surface area (Å²) in [5.41, 5.74) is 0.428. The van der Waals surface area contributed by atoms with Crippen molar-refractivity contribution < 1.29 is 4.74 Å². The molecule has 3 unspecified atom stereocenters. The second-order valence-corrected chi connectivity index (χ2v) is 6.17. The Morgan fingerprint density at radius 2 is 2.00 bits per heavy atom. The van der Waals surface area contributed by atoms with Crippen molar-refractivity contribution >= 4 is 0 Å². The lowest BCUT2D eigenvalue weighted by atomic mass is 9.81. The summed E-state index contributed by atoms with van der Waals surface area (Å²) < 4.78 is 5.95. The summed E-state index contributed by atoms with van der Waals surface area (Å²) in [6.45, 7) is 8.09. The molecule has 2 heteroatoms. The van der Waals surface area contributed by atoms with Gasteiger partial charge in [-0.2, -0.15) is 0 Å². The van der Waals surface area contributed by atoms with Crippen molar-refractivity contribution in [2.45, 2.75) is 77.5 Å². The van der Waals surface area contributed by atoms with Crippen molar-refractivity contribution in [2.24, 2.45) is 5.41 Å². The molecule has 0 bridgehead atoms. The molecule has 2 rings (SSSR count). The third kappa shape index (κ3) is 3.46. The predicted molar refractivity (Wildman–Crippen MR) is 67.6 cm³/mol. The van der Waals surface area contributed by atoms with Crippen molar-refractivity contribution in [2.75, 3.05) is 6.54 Å². The van der Waals surface area contributed by atoms with E-state index in [0.717, 1.165) is 6.04 Å². The Hall–Kier alpha value is -0.0800. The summed E-state index contributed by atoms with van der Waals surface area (Å²) in [7, 11) is 0. The number of rotatable bonds is 6. The molecule has 94 valence electrons. The number of hydrogen-bond donors (Lipinski definition) is 1. The minimum Gasteiger partial charge on any atom is -0.375 e. The van der Waals surface area contributed by atoms with Gasteiger partial charge >= 0.3 is 0 Å². The minimum absolute atomic E-state index is 0.428. The maximum absolute atomic E-state index is 5.95. The standard InChI is InChI=1S/C14H27NO/c1-4-14(3,10-15-12-6-7-12)9-13-8-5-11(2)16-13/h11-13,15H,4-10H2,1-3H3. The van der Waals surface area contributed by atoms with E-state index in [1.807, 2.05) is 0 Å². The normalized spacial score (nSPS) is 33.9. The molecule has 1 N–H and O–H groups in total. The molecule has 1 aliphatic heterocycles. The van der Waals surface area contributed by atoms with Crippen LogP contribution in [0.2, 0.25) is 0 Å². The van der Waals surface area contributed by atoms with E-state index in [-0.39, 0.29) is 0 Å². The van der Waals surface area contributed by atoms with Crippen LogP contribution in [0.4, 0.5) is 0 Å². The molecular weight excluding hydrogens is 198 g/mol. The maximum atomic E-state index is 5.95. The highest BCUT2D eigenvalue weighted by Crippen LogP contribution is 2.34. The van der Waals surface area contributed by atoms with E-state index < -0.39 is 0 Å². The number of nitrogens with one attached hydrogen (secondary N) is 1. The van der Waals surface area contributed by atoms with Crippen molar-refractivity contribution in [3.05, 3.63) is 0 Å². The largest absolute Gasteiger partial charge is 0.375 e. The van der Waals surface area contributed by atoms with Gasteiger partial charge in [0, 0.05) is 12.6 Å². The third-order valence-electron chi connectivity index (χ3n) is 4.29. The monoisotopic (exact) mass is 225 g/mol. The molecule has 1 aliphatic carbocycles. The Morgan fingerprint density at radius 3 is 2.50 bits per heavy atom. The average molecular weight is 225 g/mol. The van der Waals surface area contributed by atoms with Gasteiger partial charge in [-0.3, -0.25) is 0 Å². The molecule has 1 saturated carbocycles.